The third kappa shape index (κ3) is 4.22. The van der Waals surface area contributed by atoms with Crippen LogP contribution in [0, 0.1) is 0 Å². The van der Waals surface area contributed by atoms with Gasteiger partial charge in [-0.25, -0.2) is 0 Å². The SMILES string of the molecule is CC(C)(C)c1cc(/C=C/c2ccncc2)cc(C(C)(C)C)c1O. The molecule has 1 N–H and O–H groups in total. The second-order valence-electron chi connectivity index (χ2n) is 8.08. The number of nitrogens with zero attached hydrogens (tertiary/aromatic N) is 1. The van der Waals surface area contributed by atoms with Crippen LogP contribution in [0.5, 0.6) is 5.75 Å². The maximum absolute atomic E-state index is 10.7. The summed E-state index contributed by atoms with van der Waals surface area (Å²) in [7, 11) is 0. The van der Waals surface area contributed by atoms with Gasteiger partial charge in [0.25, 0.3) is 0 Å². The summed E-state index contributed by atoms with van der Waals surface area (Å²) in [6.07, 6.45) is 7.75. The topological polar surface area (TPSA) is 33.1 Å². The number of phenols is 1. The summed E-state index contributed by atoms with van der Waals surface area (Å²) in [5.74, 6) is 0.422. The fraction of sp³-hybridized carbons (Fsp3) is 0.381. The second kappa shape index (κ2) is 6.19. The van der Waals surface area contributed by atoms with E-state index in [2.05, 4.69) is 70.8 Å². The molecule has 1 heterocycles. The van der Waals surface area contributed by atoms with Crippen molar-refractivity contribution < 1.29 is 5.11 Å². The molecular weight excluding hydrogens is 282 g/mol. The molecule has 0 radical (unpaired) electrons. The van der Waals surface area contributed by atoms with Gasteiger partial charge in [-0.05, 0) is 46.2 Å². The van der Waals surface area contributed by atoms with Crippen molar-refractivity contribution in [1.29, 1.82) is 0 Å². The number of aromatic nitrogens is 1. The van der Waals surface area contributed by atoms with Gasteiger partial charge >= 0.3 is 0 Å². The Bertz CT molecular complexity index is 666. The van der Waals surface area contributed by atoms with Crippen molar-refractivity contribution >= 4 is 12.2 Å². The highest BCUT2D eigenvalue weighted by atomic mass is 16.3. The number of aromatic hydroxyl groups is 1. The van der Waals surface area contributed by atoms with Gasteiger partial charge in [-0.3, -0.25) is 4.98 Å². The minimum Gasteiger partial charge on any atom is -0.507 e. The van der Waals surface area contributed by atoms with Gasteiger partial charge in [0.2, 0.25) is 0 Å². The molecule has 122 valence electrons. The third-order valence-corrected chi connectivity index (χ3v) is 3.92. The van der Waals surface area contributed by atoms with Gasteiger partial charge in [-0.1, -0.05) is 53.7 Å². The normalized spacial score (nSPS) is 12.8. The summed E-state index contributed by atoms with van der Waals surface area (Å²) in [4.78, 5) is 4.04. The molecule has 23 heavy (non-hydrogen) atoms. The van der Waals surface area contributed by atoms with E-state index < -0.39 is 0 Å². The highest BCUT2D eigenvalue weighted by Crippen LogP contribution is 2.40. The van der Waals surface area contributed by atoms with Crippen molar-refractivity contribution in [2.24, 2.45) is 0 Å². The van der Waals surface area contributed by atoms with Crippen LogP contribution in [0.2, 0.25) is 0 Å². The molecule has 2 nitrogen and oxygen atoms in total. The molecule has 0 aliphatic carbocycles. The fourth-order valence-corrected chi connectivity index (χ4v) is 2.56. The molecule has 2 aromatic rings. The highest BCUT2D eigenvalue weighted by Gasteiger charge is 2.26. The predicted octanol–water partition coefficient (Wildman–Crippen LogP) is 5.55. The molecule has 0 fully saturated rings. The van der Waals surface area contributed by atoms with Crippen LogP contribution in [0.25, 0.3) is 12.2 Å². The minimum atomic E-state index is -0.107. The Labute approximate surface area is 139 Å². The summed E-state index contributed by atoms with van der Waals surface area (Å²) < 4.78 is 0. The molecule has 1 aromatic carbocycles. The summed E-state index contributed by atoms with van der Waals surface area (Å²) in [6.45, 7) is 12.8. The maximum Gasteiger partial charge on any atom is 0.123 e. The minimum absolute atomic E-state index is 0.107. The molecule has 0 amide bonds. The van der Waals surface area contributed by atoms with Gasteiger partial charge in [0.15, 0.2) is 0 Å². The van der Waals surface area contributed by atoms with Crippen molar-refractivity contribution in [3.63, 3.8) is 0 Å². The largest absolute Gasteiger partial charge is 0.507 e. The molecule has 0 atom stereocenters. The molecular formula is C21H27NO. The van der Waals surface area contributed by atoms with Crippen molar-refractivity contribution in [3.8, 4) is 5.75 Å². The molecule has 0 spiro atoms. The zero-order valence-corrected chi connectivity index (χ0v) is 15.0. The lowest BCUT2D eigenvalue weighted by atomic mass is 9.78. The number of pyridine rings is 1. The average molecular weight is 309 g/mol. The first-order valence-corrected chi connectivity index (χ1v) is 8.05. The van der Waals surface area contributed by atoms with E-state index in [0.29, 0.717) is 5.75 Å². The predicted molar refractivity (Wildman–Crippen MR) is 98.7 cm³/mol. The van der Waals surface area contributed by atoms with Crippen molar-refractivity contribution in [3.05, 3.63) is 58.9 Å². The smallest absolute Gasteiger partial charge is 0.123 e. The van der Waals surface area contributed by atoms with Crippen LogP contribution < -0.4 is 0 Å². The van der Waals surface area contributed by atoms with Crippen LogP contribution in [-0.4, -0.2) is 10.1 Å². The summed E-state index contributed by atoms with van der Waals surface area (Å²) in [6, 6.07) is 8.13. The molecule has 0 saturated heterocycles. The average Bonchev–Trinajstić information content (AvgIpc) is 2.44. The van der Waals surface area contributed by atoms with E-state index in [1.54, 1.807) is 12.4 Å². The van der Waals surface area contributed by atoms with E-state index in [-0.39, 0.29) is 10.8 Å². The molecule has 2 heteroatoms. The molecule has 1 aromatic heterocycles. The maximum atomic E-state index is 10.7. The van der Waals surface area contributed by atoms with Crippen molar-refractivity contribution in [1.82, 2.24) is 4.98 Å². The zero-order chi connectivity index (χ0) is 17.3. The van der Waals surface area contributed by atoms with Gasteiger partial charge in [0, 0.05) is 23.5 Å². The lowest BCUT2D eigenvalue weighted by molar-refractivity contribution is 0.423. The summed E-state index contributed by atoms with van der Waals surface area (Å²) >= 11 is 0. The van der Waals surface area contributed by atoms with Crippen LogP contribution >= 0.6 is 0 Å². The third-order valence-electron chi connectivity index (χ3n) is 3.92. The number of hydrogen-bond donors (Lipinski definition) is 1. The molecule has 0 bridgehead atoms. The molecule has 0 unspecified atom stereocenters. The van der Waals surface area contributed by atoms with Crippen molar-refractivity contribution in [2.75, 3.05) is 0 Å². The van der Waals surface area contributed by atoms with Gasteiger partial charge in [0.05, 0.1) is 0 Å². The number of rotatable bonds is 2. The Morgan fingerprint density at radius 2 is 1.22 bits per heavy atom. The van der Waals surface area contributed by atoms with E-state index in [9.17, 15) is 5.11 Å². The van der Waals surface area contributed by atoms with Gasteiger partial charge < -0.3 is 5.11 Å². The van der Waals surface area contributed by atoms with Gasteiger partial charge in [-0.2, -0.15) is 0 Å². The Morgan fingerprint density at radius 1 is 0.783 bits per heavy atom. The van der Waals surface area contributed by atoms with Gasteiger partial charge in [-0.15, -0.1) is 0 Å². The lowest BCUT2D eigenvalue weighted by Gasteiger charge is -2.27. The number of benzene rings is 1. The van der Waals surface area contributed by atoms with Gasteiger partial charge in [0.1, 0.15) is 5.75 Å². The number of hydrogen-bond acceptors (Lipinski definition) is 2. The lowest BCUT2D eigenvalue weighted by Crippen LogP contribution is -2.17. The first kappa shape index (κ1) is 17.3. The second-order valence-corrected chi connectivity index (χ2v) is 8.08. The van der Waals surface area contributed by atoms with E-state index in [0.717, 1.165) is 22.3 Å². The van der Waals surface area contributed by atoms with Crippen LogP contribution in [0.1, 0.15) is 63.8 Å². The van der Waals surface area contributed by atoms with Crippen LogP contribution in [0.15, 0.2) is 36.7 Å². The Balaban J connectivity index is 2.54. The van der Waals surface area contributed by atoms with Crippen LogP contribution in [-0.2, 0) is 10.8 Å². The Morgan fingerprint density at radius 3 is 1.65 bits per heavy atom. The molecule has 0 saturated carbocycles. The Kier molecular flexibility index (Phi) is 4.65. The number of phenolic OH excluding ortho intramolecular Hbond substituents is 1. The van der Waals surface area contributed by atoms with E-state index >= 15 is 0 Å². The summed E-state index contributed by atoms with van der Waals surface area (Å²) in [5.41, 5.74) is 3.98. The molecule has 2 rings (SSSR count). The molecule has 0 aliphatic heterocycles. The standard InChI is InChI=1S/C21H27NO/c1-20(2,3)17-13-16(8-7-15-9-11-22-12-10-15)14-18(19(17)23)21(4,5)6/h7-14,23H,1-6H3/b8-7+. The van der Waals surface area contributed by atoms with Crippen LogP contribution in [0.4, 0.5) is 0 Å². The van der Waals surface area contributed by atoms with Crippen molar-refractivity contribution in [2.45, 2.75) is 52.4 Å². The molecule has 0 aliphatic rings. The van der Waals surface area contributed by atoms with Crippen LogP contribution in [0.3, 0.4) is 0 Å². The Hall–Kier alpha value is -2.09. The monoisotopic (exact) mass is 309 g/mol. The first-order chi connectivity index (χ1) is 10.6. The first-order valence-electron chi connectivity index (χ1n) is 8.05. The summed E-state index contributed by atoms with van der Waals surface area (Å²) in [5, 5.41) is 10.7. The zero-order valence-electron chi connectivity index (χ0n) is 15.0. The highest BCUT2D eigenvalue weighted by molar-refractivity contribution is 5.71. The van der Waals surface area contributed by atoms with E-state index in [1.807, 2.05) is 12.1 Å². The quantitative estimate of drug-likeness (QED) is 0.788. The van der Waals surface area contributed by atoms with E-state index in [4.69, 9.17) is 0 Å². The van der Waals surface area contributed by atoms with E-state index in [1.165, 1.54) is 0 Å². The fourth-order valence-electron chi connectivity index (χ4n) is 2.56.